The molecule has 21 heavy (non-hydrogen) atoms. The maximum Gasteiger partial charge on any atom is 0.251 e. The van der Waals surface area contributed by atoms with Gasteiger partial charge in [-0.3, -0.25) is 4.79 Å². The maximum absolute atomic E-state index is 12.3. The molecule has 1 aromatic carbocycles. The molecule has 0 radical (unpaired) electrons. The van der Waals surface area contributed by atoms with E-state index in [-0.39, 0.29) is 11.9 Å². The number of nitrogens with two attached hydrogens (primary N) is 1. The molecule has 1 aromatic rings. The van der Waals surface area contributed by atoms with Crippen LogP contribution in [-0.2, 0) is 0 Å². The first-order valence-electron chi connectivity index (χ1n) is 7.70. The maximum atomic E-state index is 12.3. The van der Waals surface area contributed by atoms with E-state index in [9.17, 15) is 4.79 Å². The van der Waals surface area contributed by atoms with Crippen LogP contribution in [0.2, 0.25) is 0 Å². The Hall–Kier alpha value is -1.86. The SMILES string of the molecule is CC[C@@H](NC(=O)c1ccc(C#N)cc1)[C@H]1[C@@H]2CC(N)C[C@@H]21. The molecule has 3 N–H and O–H groups in total. The second-order valence-electron chi connectivity index (χ2n) is 6.31. The van der Waals surface area contributed by atoms with E-state index in [4.69, 9.17) is 11.0 Å². The highest BCUT2D eigenvalue weighted by Gasteiger charge is 2.57. The number of carbonyl (C=O) groups is 1. The van der Waals surface area contributed by atoms with Gasteiger partial charge in [-0.1, -0.05) is 6.92 Å². The zero-order valence-corrected chi connectivity index (χ0v) is 12.3. The summed E-state index contributed by atoms with van der Waals surface area (Å²) in [6, 6.07) is 9.46. The van der Waals surface area contributed by atoms with Gasteiger partial charge < -0.3 is 11.1 Å². The van der Waals surface area contributed by atoms with Gasteiger partial charge in [0, 0.05) is 17.6 Å². The van der Waals surface area contributed by atoms with Gasteiger partial charge in [0.15, 0.2) is 0 Å². The highest BCUT2D eigenvalue weighted by atomic mass is 16.1. The smallest absolute Gasteiger partial charge is 0.251 e. The molecule has 0 bridgehead atoms. The van der Waals surface area contributed by atoms with Crippen LogP contribution >= 0.6 is 0 Å². The second kappa shape index (κ2) is 5.50. The number of carbonyl (C=O) groups excluding carboxylic acids is 1. The normalized spacial score (nSPS) is 31.1. The predicted octanol–water partition coefficient (Wildman–Crippen LogP) is 2.05. The molecular formula is C17H21N3O. The summed E-state index contributed by atoms with van der Waals surface area (Å²) in [7, 11) is 0. The molecule has 110 valence electrons. The van der Waals surface area contributed by atoms with Gasteiger partial charge in [0.25, 0.3) is 5.91 Å². The van der Waals surface area contributed by atoms with Crippen molar-refractivity contribution in [3.63, 3.8) is 0 Å². The molecule has 1 amide bonds. The fourth-order valence-electron chi connectivity index (χ4n) is 3.95. The monoisotopic (exact) mass is 283 g/mol. The second-order valence-corrected chi connectivity index (χ2v) is 6.31. The fourth-order valence-corrected chi connectivity index (χ4v) is 3.95. The van der Waals surface area contributed by atoms with Gasteiger partial charge in [-0.15, -0.1) is 0 Å². The minimum absolute atomic E-state index is 0.0411. The molecule has 3 rings (SSSR count). The minimum Gasteiger partial charge on any atom is -0.349 e. The Morgan fingerprint density at radius 3 is 2.52 bits per heavy atom. The van der Waals surface area contributed by atoms with Gasteiger partial charge in [0.05, 0.1) is 11.6 Å². The van der Waals surface area contributed by atoms with E-state index in [1.54, 1.807) is 24.3 Å². The van der Waals surface area contributed by atoms with E-state index >= 15 is 0 Å². The van der Waals surface area contributed by atoms with Crippen LogP contribution in [0.25, 0.3) is 0 Å². The Morgan fingerprint density at radius 2 is 2.00 bits per heavy atom. The van der Waals surface area contributed by atoms with Crippen LogP contribution in [0.1, 0.15) is 42.1 Å². The molecule has 2 saturated carbocycles. The largest absolute Gasteiger partial charge is 0.349 e. The lowest BCUT2D eigenvalue weighted by Crippen LogP contribution is -2.38. The van der Waals surface area contributed by atoms with Crippen molar-refractivity contribution in [1.82, 2.24) is 5.32 Å². The third-order valence-electron chi connectivity index (χ3n) is 5.04. The van der Waals surface area contributed by atoms with Crippen molar-refractivity contribution in [3.05, 3.63) is 35.4 Å². The molecule has 0 spiro atoms. The van der Waals surface area contributed by atoms with Crippen LogP contribution in [0.5, 0.6) is 0 Å². The van der Waals surface area contributed by atoms with E-state index in [0.717, 1.165) is 19.3 Å². The van der Waals surface area contributed by atoms with Crippen LogP contribution in [0.3, 0.4) is 0 Å². The van der Waals surface area contributed by atoms with Gasteiger partial charge in [-0.05, 0) is 61.3 Å². The van der Waals surface area contributed by atoms with Crippen LogP contribution < -0.4 is 11.1 Å². The number of benzene rings is 1. The Bertz CT molecular complexity index is 563. The topological polar surface area (TPSA) is 78.9 Å². The van der Waals surface area contributed by atoms with Crippen LogP contribution in [0, 0.1) is 29.1 Å². The van der Waals surface area contributed by atoms with Crippen molar-refractivity contribution >= 4 is 5.91 Å². The minimum atomic E-state index is -0.0411. The Balaban J connectivity index is 1.62. The number of fused-ring (bicyclic) bond motifs is 1. The molecule has 0 heterocycles. The standard InChI is InChI=1S/C17H21N3O/c1-2-15(16-13-7-12(19)8-14(13)16)20-17(21)11-5-3-10(9-18)4-6-11/h3-6,12-16H,2,7-8,19H2,1H3,(H,20,21)/t12?,13-,14+,15-,16+/m1/s1. The van der Waals surface area contributed by atoms with Crippen LogP contribution in [0.4, 0.5) is 0 Å². The van der Waals surface area contributed by atoms with E-state index in [1.807, 2.05) is 0 Å². The molecule has 2 aliphatic carbocycles. The summed E-state index contributed by atoms with van der Waals surface area (Å²) >= 11 is 0. The number of hydrogen-bond acceptors (Lipinski definition) is 3. The number of nitrogens with zero attached hydrogens (tertiary/aromatic N) is 1. The molecule has 1 unspecified atom stereocenters. The van der Waals surface area contributed by atoms with E-state index in [1.165, 1.54) is 0 Å². The average molecular weight is 283 g/mol. The molecule has 0 aromatic heterocycles. The molecule has 2 fully saturated rings. The molecule has 4 nitrogen and oxygen atoms in total. The van der Waals surface area contributed by atoms with Crippen LogP contribution in [-0.4, -0.2) is 18.0 Å². The summed E-state index contributed by atoms with van der Waals surface area (Å²) in [6.45, 7) is 2.12. The number of nitrogens with one attached hydrogen (secondary N) is 1. The van der Waals surface area contributed by atoms with Gasteiger partial charge in [0.1, 0.15) is 0 Å². The molecule has 2 aliphatic rings. The first-order chi connectivity index (χ1) is 10.1. The molecule has 0 saturated heterocycles. The Kier molecular flexibility index (Phi) is 3.69. The zero-order chi connectivity index (χ0) is 15.0. The quantitative estimate of drug-likeness (QED) is 0.887. The number of hydrogen-bond donors (Lipinski definition) is 2. The lowest BCUT2D eigenvalue weighted by atomic mass is 9.99. The lowest BCUT2D eigenvalue weighted by Gasteiger charge is -2.20. The Labute approximate surface area is 125 Å². The van der Waals surface area contributed by atoms with Crippen molar-refractivity contribution in [3.8, 4) is 6.07 Å². The van der Waals surface area contributed by atoms with E-state index in [0.29, 0.717) is 34.9 Å². The summed E-state index contributed by atoms with van der Waals surface area (Å²) in [5.74, 6) is 2.00. The first kappa shape index (κ1) is 14.1. The highest BCUT2D eigenvalue weighted by Crippen LogP contribution is 2.58. The zero-order valence-electron chi connectivity index (χ0n) is 12.3. The summed E-state index contributed by atoms with van der Waals surface area (Å²) in [4.78, 5) is 12.3. The van der Waals surface area contributed by atoms with Crippen molar-refractivity contribution < 1.29 is 4.79 Å². The summed E-state index contributed by atoms with van der Waals surface area (Å²) in [6.07, 6.45) is 3.17. The lowest BCUT2D eigenvalue weighted by molar-refractivity contribution is 0.0927. The summed E-state index contributed by atoms with van der Waals surface area (Å²) in [5.41, 5.74) is 7.16. The van der Waals surface area contributed by atoms with Gasteiger partial charge in [-0.25, -0.2) is 0 Å². The number of rotatable bonds is 4. The Morgan fingerprint density at radius 1 is 1.38 bits per heavy atom. The van der Waals surface area contributed by atoms with Crippen molar-refractivity contribution in [2.75, 3.05) is 0 Å². The average Bonchev–Trinajstić information content (AvgIpc) is 3.00. The molecular weight excluding hydrogens is 262 g/mol. The van der Waals surface area contributed by atoms with Gasteiger partial charge in [-0.2, -0.15) is 5.26 Å². The predicted molar refractivity (Wildman–Crippen MR) is 80.4 cm³/mol. The molecule has 4 heteroatoms. The molecule has 5 atom stereocenters. The fraction of sp³-hybridized carbons (Fsp3) is 0.529. The van der Waals surface area contributed by atoms with E-state index in [2.05, 4.69) is 18.3 Å². The number of nitriles is 1. The first-order valence-corrected chi connectivity index (χ1v) is 7.70. The van der Waals surface area contributed by atoms with Crippen LogP contribution in [0.15, 0.2) is 24.3 Å². The van der Waals surface area contributed by atoms with Gasteiger partial charge in [0.2, 0.25) is 0 Å². The number of amides is 1. The van der Waals surface area contributed by atoms with Crippen molar-refractivity contribution in [2.45, 2.75) is 38.3 Å². The van der Waals surface area contributed by atoms with Gasteiger partial charge >= 0.3 is 0 Å². The summed E-state index contributed by atoms with van der Waals surface area (Å²) < 4.78 is 0. The third-order valence-corrected chi connectivity index (χ3v) is 5.04. The highest BCUT2D eigenvalue weighted by molar-refractivity contribution is 5.94. The molecule has 0 aliphatic heterocycles. The van der Waals surface area contributed by atoms with E-state index < -0.39 is 0 Å². The van der Waals surface area contributed by atoms with Crippen molar-refractivity contribution in [1.29, 1.82) is 5.26 Å². The van der Waals surface area contributed by atoms with Crippen molar-refractivity contribution in [2.24, 2.45) is 23.5 Å². The summed E-state index contributed by atoms with van der Waals surface area (Å²) in [5, 5.41) is 11.9. The third kappa shape index (κ3) is 2.66.